The Hall–Kier alpha value is -1.34. The largest absolute Gasteiger partial charge is 0.491 e. The van der Waals surface area contributed by atoms with Crippen LogP contribution in [0.4, 0.5) is 0 Å². The van der Waals surface area contributed by atoms with Crippen molar-refractivity contribution < 1.29 is 29.5 Å². The molecule has 0 bridgehead atoms. The van der Waals surface area contributed by atoms with Crippen molar-refractivity contribution in [3.05, 3.63) is 23.8 Å². The summed E-state index contributed by atoms with van der Waals surface area (Å²) in [4.78, 5) is 0. The van der Waals surface area contributed by atoms with Gasteiger partial charge in [-0.05, 0) is 24.6 Å². The van der Waals surface area contributed by atoms with Crippen LogP contribution in [-0.2, 0) is 11.2 Å². The quantitative estimate of drug-likeness (QED) is 0.496. The average Bonchev–Trinajstić information content (AvgIpc) is 2.48. The van der Waals surface area contributed by atoms with Gasteiger partial charge in [-0.2, -0.15) is 0 Å². The molecule has 0 saturated heterocycles. The molecule has 0 aliphatic carbocycles. The molecule has 0 saturated carbocycles. The molecule has 0 aromatic heterocycles. The number of aliphatic hydroxyl groups is 3. The molecule has 0 spiro atoms. The Morgan fingerprint density at radius 2 is 1.50 bits per heavy atom. The zero-order chi connectivity index (χ0) is 14.6. The highest BCUT2D eigenvalue weighted by molar-refractivity contribution is 5.40. The second-order valence-electron chi connectivity index (χ2n) is 4.00. The topological polar surface area (TPSA) is 88.4 Å². The number of hydrogen-bond acceptors (Lipinski definition) is 6. The minimum absolute atomic E-state index is 0.00643. The lowest BCUT2D eigenvalue weighted by Gasteiger charge is -2.13. The summed E-state index contributed by atoms with van der Waals surface area (Å²) in [5.74, 6) is 1.32. The van der Waals surface area contributed by atoms with Crippen LogP contribution in [0.1, 0.15) is 5.56 Å². The maximum atomic E-state index is 8.81. The fourth-order valence-electron chi connectivity index (χ4n) is 1.65. The monoisotopic (exact) mass is 286 g/mol. The first-order valence-electron chi connectivity index (χ1n) is 6.60. The summed E-state index contributed by atoms with van der Waals surface area (Å²) >= 11 is 0. The second kappa shape index (κ2) is 10.4. The highest BCUT2D eigenvalue weighted by Crippen LogP contribution is 2.25. The fourth-order valence-corrected chi connectivity index (χ4v) is 1.65. The Balaban J connectivity index is 2.66. The van der Waals surface area contributed by atoms with E-state index in [4.69, 9.17) is 29.5 Å². The van der Waals surface area contributed by atoms with Gasteiger partial charge in [0.15, 0.2) is 0 Å². The number of aliphatic hydroxyl groups excluding tert-OH is 3. The number of ether oxygens (including phenoxy) is 3. The van der Waals surface area contributed by atoms with Gasteiger partial charge in [-0.25, -0.2) is 0 Å². The van der Waals surface area contributed by atoms with E-state index in [0.29, 0.717) is 31.1 Å². The van der Waals surface area contributed by atoms with Crippen LogP contribution >= 0.6 is 0 Å². The van der Waals surface area contributed by atoms with E-state index in [0.717, 1.165) is 5.56 Å². The van der Waals surface area contributed by atoms with Gasteiger partial charge in [0.25, 0.3) is 0 Å². The summed E-state index contributed by atoms with van der Waals surface area (Å²) in [6.45, 7) is 1.11. The summed E-state index contributed by atoms with van der Waals surface area (Å²) in [6, 6.07) is 5.34. The molecule has 1 rings (SSSR count). The summed E-state index contributed by atoms with van der Waals surface area (Å²) in [7, 11) is 0. The predicted molar refractivity (Wildman–Crippen MR) is 73.2 cm³/mol. The zero-order valence-electron chi connectivity index (χ0n) is 11.5. The van der Waals surface area contributed by atoms with Crippen LogP contribution < -0.4 is 9.47 Å². The van der Waals surface area contributed by atoms with E-state index in [1.165, 1.54) is 0 Å². The van der Waals surface area contributed by atoms with Crippen molar-refractivity contribution in [2.24, 2.45) is 0 Å². The molecule has 0 unspecified atom stereocenters. The lowest BCUT2D eigenvalue weighted by atomic mass is 10.1. The second-order valence-corrected chi connectivity index (χ2v) is 4.00. The third-order valence-corrected chi connectivity index (χ3v) is 2.49. The van der Waals surface area contributed by atoms with Crippen LogP contribution in [0, 0.1) is 0 Å². The minimum Gasteiger partial charge on any atom is -0.491 e. The Kier molecular flexibility index (Phi) is 8.73. The molecule has 3 N–H and O–H groups in total. The SMILES string of the molecule is OCCOCCc1cc(OCCO)ccc1OCCO. The fraction of sp³-hybridized carbons (Fsp3) is 0.571. The molecular formula is C14H22O6. The zero-order valence-corrected chi connectivity index (χ0v) is 11.5. The Labute approximate surface area is 118 Å². The maximum absolute atomic E-state index is 8.81. The summed E-state index contributed by atoms with van der Waals surface area (Å²) < 4.78 is 16.0. The van der Waals surface area contributed by atoms with Gasteiger partial charge in [-0.1, -0.05) is 0 Å². The van der Waals surface area contributed by atoms with E-state index in [1.54, 1.807) is 12.1 Å². The van der Waals surface area contributed by atoms with E-state index >= 15 is 0 Å². The van der Waals surface area contributed by atoms with Gasteiger partial charge in [0.05, 0.1) is 33.0 Å². The number of rotatable bonds is 11. The van der Waals surface area contributed by atoms with E-state index in [1.807, 2.05) is 6.07 Å². The molecule has 0 aliphatic rings. The maximum Gasteiger partial charge on any atom is 0.122 e. The molecule has 6 heteroatoms. The summed E-state index contributed by atoms with van der Waals surface area (Å²) in [5.41, 5.74) is 0.895. The normalized spacial score (nSPS) is 10.6. The first-order chi connectivity index (χ1) is 9.81. The molecule has 0 fully saturated rings. The smallest absolute Gasteiger partial charge is 0.122 e. The highest BCUT2D eigenvalue weighted by Gasteiger charge is 2.06. The number of benzene rings is 1. The van der Waals surface area contributed by atoms with Gasteiger partial charge in [0, 0.05) is 5.56 Å². The highest BCUT2D eigenvalue weighted by atomic mass is 16.5. The molecule has 6 nitrogen and oxygen atoms in total. The van der Waals surface area contributed by atoms with Crippen molar-refractivity contribution in [2.45, 2.75) is 6.42 Å². The van der Waals surface area contributed by atoms with Crippen LogP contribution in [0.2, 0.25) is 0 Å². The molecule has 114 valence electrons. The Morgan fingerprint density at radius 3 is 2.20 bits per heavy atom. The van der Waals surface area contributed by atoms with Crippen LogP contribution in [0.25, 0.3) is 0 Å². The minimum atomic E-state index is -0.0524. The molecule has 0 radical (unpaired) electrons. The van der Waals surface area contributed by atoms with Crippen molar-refractivity contribution in [3.8, 4) is 11.5 Å². The van der Waals surface area contributed by atoms with Crippen molar-refractivity contribution >= 4 is 0 Å². The molecule has 1 aromatic carbocycles. The Morgan fingerprint density at radius 1 is 0.800 bits per heavy atom. The number of hydrogen-bond donors (Lipinski definition) is 3. The van der Waals surface area contributed by atoms with Gasteiger partial charge < -0.3 is 29.5 Å². The first-order valence-corrected chi connectivity index (χ1v) is 6.60. The van der Waals surface area contributed by atoms with Crippen LogP contribution in [0.5, 0.6) is 11.5 Å². The third-order valence-electron chi connectivity index (χ3n) is 2.49. The molecule has 0 atom stereocenters. The standard InChI is InChI=1S/C14H22O6/c15-4-8-18-7-3-12-11-13(19-9-5-16)1-2-14(12)20-10-6-17/h1-2,11,15-17H,3-10H2. The lowest BCUT2D eigenvalue weighted by molar-refractivity contribution is 0.0939. The van der Waals surface area contributed by atoms with Gasteiger partial charge in [0.2, 0.25) is 0 Å². The molecule has 20 heavy (non-hydrogen) atoms. The van der Waals surface area contributed by atoms with Crippen LogP contribution in [0.15, 0.2) is 18.2 Å². The van der Waals surface area contributed by atoms with Crippen LogP contribution in [-0.4, -0.2) is 61.6 Å². The van der Waals surface area contributed by atoms with Gasteiger partial charge in [-0.3, -0.25) is 0 Å². The van der Waals surface area contributed by atoms with E-state index in [9.17, 15) is 0 Å². The Bertz CT molecular complexity index is 369. The molecule has 0 heterocycles. The first kappa shape index (κ1) is 16.7. The third kappa shape index (κ3) is 6.21. The molecule has 0 aliphatic heterocycles. The van der Waals surface area contributed by atoms with Crippen molar-refractivity contribution in [3.63, 3.8) is 0 Å². The van der Waals surface area contributed by atoms with Gasteiger partial charge in [0.1, 0.15) is 24.7 Å². The van der Waals surface area contributed by atoms with Crippen molar-refractivity contribution in [2.75, 3.05) is 46.2 Å². The molecule has 1 aromatic rings. The molecule has 0 amide bonds. The van der Waals surface area contributed by atoms with Crippen molar-refractivity contribution in [1.29, 1.82) is 0 Å². The summed E-state index contributed by atoms with van der Waals surface area (Å²) in [5, 5.41) is 26.2. The van der Waals surface area contributed by atoms with E-state index in [2.05, 4.69) is 0 Å². The average molecular weight is 286 g/mol. The lowest BCUT2D eigenvalue weighted by Crippen LogP contribution is -2.08. The van der Waals surface area contributed by atoms with Crippen molar-refractivity contribution in [1.82, 2.24) is 0 Å². The predicted octanol–water partition coefficient (Wildman–Crippen LogP) is -0.0198. The van der Waals surface area contributed by atoms with E-state index in [-0.39, 0.29) is 33.0 Å². The van der Waals surface area contributed by atoms with Gasteiger partial charge in [-0.15, -0.1) is 0 Å². The van der Waals surface area contributed by atoms with Gasteiger partial charge >= 0.3 is 0 Å². The van der Waals surface area contributed by atoms with Crippen LogP contribution in [0.3, 0.4) is 0 Å². The molecular weight excluding hydrogens is 264 g/mol. The summed E-state index contributed by atoms with van der Waals surface area (Å²) in [6.07, 6.45) is 0.608. The van der Waals surface area contributed by atoms with E-state index < -0.39 is 0 Å².